The fourth-order valence-corrected chi connectivity index (χ4v) is 0.822. The van der Waals surface area contributed by atoms with E-state index in [1.165, 1.54) is 10.9 Å². The lowest BCUT2D eigenvalue weighted by atomic mass is 10.4. The predicted octanol–water partition coefficient (Wildman–Crippen LogP) is -0.651. The largest absolute Gasteiger partial charge is 0.344 e. The van der Waals surface area contributed by atoms with Gasteiger partial charge >= 0.3 is 0 Å². The fourth-order valence-electron chi connectivity index (χ4n) is 0.822. The monoisotopic (exact) mass is 167 g/mol. The van der Waals surface area contributed by atoms with Gasteiger partial charge in [-0.25, -0.2) is 0 Å². The minimum atomic E-state index is -0.290. The molecule has 0 spiro atoms. The average molecular weight is 167 g/mol. The lowest BCUT2D eigenvalue weighted by Gasteiger charge is -2.00. The Bertz CT molecular complexity index is 293. The molecule has 0 unspecified atom stereocenters. The van der Waals surface area contributed by atoms with Gasteiger partial charge in [0.15, 0.2) is 0 Å². The van der Waals surface area contributed by atoms with Gasteiger partial charge in [0, 0.05) is 13.2 Å². The molecule has 5 nitrogen and oxygen atoms in total. The number of aromatic nitrogens is 2. The summed E-state index contributed by atoms with van der Waals surface area (Å²) < 4.78 is 1.44. The van der Waals surface area contributed by atoms with E-state index in [2.05, 4.69) is 10.4 Å². The molecule has 64 valence electrons. The van der Waals surface area contributed by atoms with E-state index in [9.17, 15) is 9.59 Å². The third-order valence-corrected chi connectivity index (χ3v) is 1.40. The topological polar surface area (TPSA) is 64.0 Å². The number of carbonyl (C=O) groups excluding carboxylic acids is 2. The summed E-state index contributed by atoms with van der Waals surface area (Å²) >= 11 is 0. The third-order valence-electron chi connectivity index (χ3n) is 1.40. The first-order valence-electron chi connectivity index (χ1n) is 3.45. The van der Waals surface area contributed by atoms with Crippen LogP contribution in [0.25, 0.3) is 0 Å². The summed E-state index contributed by atoms with van der Waals surface area (Å²) in [5.41, 5.74) is 0.442. The molecule has 0 aromatic carbocycles. The van der Waals surface area contributed by atoms with Gasteiger partial charge < -0.3 is 10.1 Å². The summed E-state index contributed by atoms with van der Waals surface area (Å²) in [6, 6.07) is 1.58. The van der Waals surface area contributed by atoms with Gasteiger partial charge in [0.2, 0.25) is 0 Å². The minimum Gasteiger partial charge on any atom is -0.344 e. The molecule has 1 rings (SSSR count). The van der Waals surface area contributed by atoms with Gasteiger partial charge in [0.05, 0.1) is 6.54 Å². The Balaban J connectivity index is 2.65. The molecule has 12 heavy (non-hydrogen) atoms. The van der Waals surface area contributed by atoms with Crippen molar-refractivity contribution in [2.24, 2.45) is 7.05 Å². The lowest BCUT2D eigenvalue weighted by Crippen LogP contribution is -2.27. The molecular weight excluding hydrogens is 158 g/mol. The van der Waals surface area contributed by atoms with Gasteiger partial charge in [-0.15, -0.1) is 0 Å². The smallest absolute Gasteiger partial charge is 0.269 e. The molecule has 0 radical (unpaired) electrons. The van der Waals surface area contributed by atoms with Crippen LogP contribution in [0.2, 0.25) is 0 Å². The van der Waals surface area contributed by atoms with Crippen molar-refractivity contribution >= 4 is 12.2 Å². The highest BCUT2D eigenvalue weighted by atomic mass is 16.2. The first-order valence-corrected chi connectivity index (χ1v) is 3.45. The summed E-state index contributed by atoms with van der Waals surface area (Å²) in [5, 5.41) is 6.22. The molecule has 1 aromatic heterocycles. The number of nitrogens with one attached hydrogen (secondary N) is 1. The predicted molar refractivity (Wildman–Crippen MR) is 41.6 cm³/mol. The molecule has 1 aromatic rings. The molecule has 5 heteroatoms. The van der Waals surface area contributed by atoms with Gasteiger partial charge in [-0.2, -0.15) is 5.10 Å². The van der Waals surface area contributed by atoms with Crippen LogP contribution in [0.4, 0.5) is 0 Å². The molecule has 0 saturated heterocycles. The maximum absolute atomic E-state index is 11.2. The highest BCUT2D eigenvalue weighted by Crippen LogP contribution is 1.94. The molecule has 1 heterocycles. The van der Waals surface area contributed by atoms with Crippen molar-refractivity contribution in [3.8, 4) is 0 Å². The zero-order valence-corrected chi connectivity index (χ0v) is 6.65. The molecule has 1 amide bonds. The number of rotatable bonds is 3. The van der Waals surface area contributed by atoms with Crippen LogP contribution in [-0.4, -0.2) is 28.5 Å². The van der Waals surface area contributed by atoms with E-state index in [0.29, 0.717) is 12.0 Å². The van der Waals surface area contributed by atoms with Gasteiger partial charge in [0.1, 0.15) is 12.0 Å². The van der Waals surface area contributed by atoms with Crippen molar-refractivity contribution in [3.05, 3.63) is 18.0 Å². The Morgan fingerprint density at radius 1 is 1.83 bits per heavy atom. The summed E-state index contributed by atoms with van der Waals surface area (Å²) in [4.78, 5) is 21.1. The number of hydrogen-bond acceptors (Lipinski definition) is 3. The second-order valence-electron chi connectivity index (χ2n) is 2.22. The number of aryl methyl sites for hydroxylation is 1. The van der Waals surface area contributed by atoms with E-state index >= 15 is 0 Å². The number of carbonyl (C=O) groups is 2. The third kappa shape index (κ3) is 1.69. The fraction of sp³-hybridized carbons (Fsp3) is 0.286. The highest BCUT2D eigenvalue weighted by Gasteiger charge is 2.07. The lowest BCUT2D eigenvalue weighted by molar-refractivity contribution is -0.107. The summed E-state index contributed by atoms with van der Waals surface area (Å²) in [5.74, 6) is -0.290. The van der Waals surface area contributed by atoms with Crippen molar-refractivity contribution in [2.75, 3.05) is 6.54 Å². The van der Waals surface area contributed by atoms with Crippen LogP contribution in [0, 0.1) is 0 Å². The van der Waals surface area contributed by atoms with Crippen molar-refractivity contribution in [1.82, 2.24) is 15.1 Å². The Morgan fingerprint density at radius 3 is 3.08 bits per heavy atom. The van der Waals surface area contributed by atoms with Crippen LogP contribution in [-0.2, 0) is 11.8 Å². The standard InChI is InChI=1S/C7H9N3O2/c1-10-6(2-3-9-10)7(12)8-4-5-11/h2-3,5H,4H2,1H3,(H,8,12). The van der Waals surface area contributed by atoms with Crippen molar-refractivity contribution in [1.29, 1.82) is 0 Å². The SMILES string of the molecule is Cn1nccc1C(=O)NCC=O. The van der Waals surface area contributed by atoms with Gasteiger partial charge in [-0.1, -0.05) is 0 Å². The van der Waals surface area contributed by atoms with Crippen LogP contribution < -0.4 is 5.32 Å². The van der Waals surface area contributed by atoms with E-state index in [1.807, 2.05) is 0 Å². The Morgan fingerprint density at radius 2 is 2.58 bits per heavy atom. The molecule has 0 aliphatic rings. The van der Waals surface area contributed by atoms with Crippen LogP contribution in [0.15, 0.2) is 12.3 Å². The highest BCUT2D eigenvalue weighted by molar-refractivity contribution is 5.93. The minimum absolute atomic E-state index is 0.0318. The molecule has 0 fully saturated rings. The maximum atomic E-state index is 11.2. The second-order valence-corrected chi connectivity index (χ2v) is 2.22. The van der Waals surface area contributed by atoms with Gasteiger partial charge in [0.25, 0.3) is 5.91 Å². The summed E-state index contributed by atoms with van der Waals surface area (Å²) in [6.07, 6.45) is 2.16. The summed E-state index contributed by atoms with van der Waals surface area (Å²) in [6.45, 7) is 0.0318. The first kappa shape index (κ1) is 8.45. The van der Waals surface area contributed by atoms with Crippen LogP contribution in [0.3, 0.4) is 0 Å². The first-order chi connectivity index (χ1) is 5.75. The number of amides is 1. The van der Waals surface area contributed by atoms with Crippen LogP contribution >= 0.6 is 0 Å². The molecule has 0 atom stereocenters. The average Bonchev–Trinajstić information content (AvgIpc) is 2.47. The summed E-state index contributed by atoms with van der Waals surface area (Å²) in [7, 11) is 1.66. The quantitative estimate of drug-likeness (QED) is 0.608. The molecule has 0 saturated carbocycles. The Labute approximate surface area is 69.4 Å². The van der Waals surface area contributed by atoms with E-state index in [1.54, 1.807) is 13.1 Å². The number of nitrogens with zero attached hydrogens (tertiary/aromatic N) is 2. The zero-order valence-electron chi connectivity index (χ0n) is 6.65. The molecular formula is C7H9N3O2. The molecule has 0 bridgehead atoms. The van der Waals surface area contributed by atoms with E-state index in [0.717, 1.165) is 0 Å². The Kier molecular flexibility index (Phi) is 2.57. The molecule has 1 N–H and O–H groups in total. The molecule has 0 aliphatic heterocycles. The van der Waals surface area contributed by atoms with Gasteiger partial charge in [-0.05, 0) is 6.07 Å². The van der Waals surface area contributed by atoms with Gasteiger partial charge in [-0.3, -0.25) is 9.48 Å². The van der Waals surface area contributed by atoms with Crippen LogP contribution in [0.5, 0.6) is 0 Å². The van der Waals surface area contributed by atoms with E-state index < -0.39 is 0 Å². The van der Waals surface area contributed by atoms with Crippen molar-refractivity contribution in [3.63, 3.8) is 0 Å². The maximum Gasteiger partial charge on any atom is 0.269 e. The number of hydrogen-bond donors (Lipinski definition) is 1. The zero-order chi connectivity index (χ0) is 8.97. The number of aldehydes is 1. The normalized spacial score (nSPS) is 9.42. The Hall–Kier alpha value is -1.65. The van der Waals surface area contributed by atoms with Crippen molar-refractivity contribution < 1.29 is 9.59 Å². The van der Waals surface area contributed by atoms with Crippen LogP contribution in [0.1, 0.15) is 10.5 Å². The molecule has 0 aliphatic carbocycles. The van der Waals surface area contributed by atoms with E-state index in [4.69, 9.17) is 0 Å². The second kappa shape index (κ2) is 3.66. The van der Waals surface area contributed by atoms with E-state index in [-0.39, 0.29) is 12.5 Å². The van der Waals surface area contributed by atoms with Crippen molar-refractivity contribution in [2.45, 2.75) is 0 Å².